The lowest BCUT2D eigenvalue weighted by Crippen LogP contribution is -2.35. The van der Waals surface area contributed by atoms with E-state index in [2.05, 4.69) is 0 Å². The van der Waals surface area contributed by atoms with E-state index in [1.807, 2.05) is 0 Å². The van der Waals surface area contributed by atoms with Crippen LogP contribution in [-0.2, 0) is 17.1 Å². The molecule has 0 saturated carbocycles. The molecule has 0 atom stereocenters. The number of aromatic carboxylic acids is 1. The molecule has 0 N–H and O–H groups in total. The lowest BCUT2D eigenvalue weighted by Gasteiger charge is -2.26. The Labute approximate surface area is 139 Å². The van der Waals surface area contributed by atoms with E-state index >= 15 is 0 Å². The van der Waals surface area contributed by atoms with Crippen molar-refractivity contribution in [1.29, 1.82) is 0 Å². The number of benzene rings is 1. The molecule has 128 valence electrons. The second kappa shape index (κ2) is 6.03. The zero-order valence-corrected chi connectivity index (χ0v) is 14.0. The van der Waals surface area contributed by atoms with Gasteiger partial charge >= 0.3 is 0 Å². The van der Waals surface area contributed by atoms with Crippen LogP contribution in [0.15, 0.2) is 34.1 Å². The van der Waals surface area contributed by atoms with Crippen LogP contribution in [0, 0.1) is 0 Å². The number of sulfonamides is 1. The molecule has 1 saturated heterocycles. The largest absolute Gasteiger partial charge is 0.545 e. The molecule has 7 nitrogen and oxygen atoms in total. The van der Waals surface area contributed by atoms with Crippen LogP contribution in [0.5, 0.6) is 0 Å². The third-order valence-corrected chi connectivity index (χ3v) is 6.23. The SMILES string of the molecule is Cn1cc(C(=O)[O-])c(=O)c2cc(S(=O)(=O)N3CCCCC3)ccc21. The summed E-state index contributed by atoms with van der Waals surface area (Å²) in [5.41, 5.74) is -0.765. The minimum Gasteiger partial charge on any atom is -0.545 e. The van der Waals surface area contributed by atoms with Crippen LogP contribution >= 0.6 is 0 Å². The molecule has 1 aliphatic rings. The van der Waals surface area contributed by atoms with Crippen LogP contribution in [-0.4, -0.2) is 36.3 Å². The number of pyridine rings is 1. The van der Waals surface area contributed by atoms with Crippen molar-refractivity contribution in [2.45, 2.75) is 24.2 Å². The second-order valence-electron chi connectivity index (χ2n) is 5.91. The molecule has 24 heavy (non-hydrogen) atoms. The highest BCUT2D eigenvalue weighted by Gasteiger charge is 2.26. The second-order valence-corrected chi connectivity index (χ2v) is 7.85. The fraction of sp³-hybridized carbons (Fsp3) is 0.375. The summed E-state index contributed by atoms with van der Waals surface area (Å²) in [5, 5.41) is 11.1. The lowest BCUT2D eigenvalue weighted by atomic mass is 10.1. The normalized spacial score (nSPS) is 16.4. The molecule has 0 bridgehead atoms. The summed E-state index contributed by atoms with van der Waals surface area (Å²) in [6.07, 6.45) is 3.80. The van der Waals surface area contributed by atoms with Crippen molar-refractivity contribution in [2.75, 3.05) is 13.1 Å². The first-order chi connectivity index (χ1) is 11.3. The predicted octanol–water partition coefficient (Wildman–Crippen LogP) is 0.0766. The Hall–Kier alpha value is -2.19. The Balaban J connectivity index is 2.19. The number of carboxylic acid groups (broad SMARTS) is 1. The van der Waals surface area contributed by atoms with Crippen LogP contribution in [0.25, 0.3) is 10.9 Å². The first-order valence-electron chi connectivity index (χ1n) is 7.67. The Morgan fingerprint density at radius 2 is 1.83 bits per heavy atom. The molecule has 3 rings (SSSR count). The summed E-state index contributed by atoms with van der Waals surface area (Å²) in [6.45, 7) is 0.912. The predicted molar refractivity (Wildman–Crippen MR) is 86.1 cm³/mol. The Morgan fingerprint density at radius 3 is 2.46 bits per heavy atom. The molecular weight excluding hydrogens is 332 g/mol. The molecule has 2 heterocycles. The number of piperidine rings is 1. The van der Waals surface area contributed by atoms with Crippen LogP contribution in [0.2, 0.25) is 0 Å². The Morgan fingerprint density at radius 1 is 1.17 bits per heavy atom. The molecular formula is C16H17N2O5S-. The van der Waals surface area contributed by atoms with Crippen LogP contribution in [0.3, 0.4) is 0 Å². The van der Waals surface area contributed by atoms with Gasteiger partial charge in [0.05, 0.1) is 21.9 Å². The van der Waals surface area contributed by atoms with Crippen molar-refractivity contribution >= 4 is 26.9 Å². The quantitative estimate of drug-likeness (QED) is 0.781. The number of nitrogens with zero attached hydrogens (tertiary/aromatic N) is 2. The van der Waals surface area contributed by atoms with Gasteiger partial charge in [0.25, 0.3) is 0 Å². The Bertz CT molecular complexity index is 972. The average molecular weight is 349 g/mol. The van der Waals surface area contributed by atoms with Gasteiger partial charge in [-0.2, -0.15) is 4.31 Å². The number of aromatic nitrogens is 1. The molecule has 1 aromatic carbocycles. The fourth-order valence-electron chi connectivity index (χ4n) is 3.03. The van der Waals surface area contributed by atoms with Crippen LogP contribution < -0.4 is 10.5 Å². The topological polar surface area (TPSA) is 99.5 Å². The number of carboxylic acids is 1. The summed E-state index contributed by atoms with van der Waals surface area (Å²) in [7, 11) is -2.10. The zero-order chi connectivity index (χ0) is 17.5. The van der Waals surface area contributed by atoms with Gasteiger partial charge in [-0.3, -0.25) is 4.79 Å². The van der Waals surface area contributed by atoms with Crippen molar-refractivity contribution < 1.29 is 18.3 Å². The summed E-state index contributed by atoms with van der Waals surface area (Å²) in [6, 6.07) is 4.23. The molecule has 0 aliphatic carbocycles. The molecule has 1 fully saturated rings. The smallest absolute Gasteiger partial charge is 0.243 e. The van der Waals surface area contributed by atoms with E-state index in [0.717, 1.165) is 19.3 Å². The van der Waals surface area contributed by atoms with Gasteiger partial charge in [0.1, 0.15) is 0 Å². The third kappa shape index (κ3) is 2.71. The monoisotopic (exact) mass is 349 g/mol. The van der Waals surface area contributed by atoms with E-state index in [1.54, 1.807) is 7.05 Å². The molecule has 0 radical (unpaired) electrons. The fourth-order valence-corrected chi connectivity index (χ4v) is 4.58. The number of fused-ring (bicyclic) bond motifs is 1. The van der Waals surface area contributed by atoms with Gasteiger partial charge in [0.2, 0.25) is 10.0 Å². The number of carbonyl (C=O) groups excluding carboxylic acids is 1. The Kier molecular flexibility index (Phi) is 4.18. The van der Waals surface area contributed by atoms with Crippen molar-refractivity contribution in [3.63, 3.8) is 0 Å². The summed E-state index contributed by atoms with van der Waals surface area (Å²) in [4.78, 5) is 23.4. The van der Waals surface area contributed by atoms with Crippen molar-refractivity contribution in [3.05, 3.63) is 40.2 Å². The van der Waals surface area contributed by atoms with Crippen LogP contribution in [0.1, 0.15) is 29.6 Å². The highest BCUT2D eigenvalue weighted by Crippen LogP contribution is 2.23. The molecule has 0 spiro atoms. The van der Waals surface area contributed by atoms with E-state index in [9.17, 15) is 23.1 Å². The van der Waals surface area contributed by atoms with Gasteiger partial charge in [-0.05, 0) is 31.0 Å². The minimum atomic E-state index is -3.69. The number of hydrogen-bond acceptors (Lipinski definition) is 5. The molecule has 0 amide bonds. The number of aryl methyl sites for hydroxylation is 1. The molecule has 8 heteroatoms. The number of hydrogen-bond donors (Lipinski definition) is 0. The molecule has 1 aliphatic heterocycles. The highest BCUT2D eigenvalue weighted by molar-refractivity contribution is 7.89. The summed E-state index contributed by atoms with van der Waals surface area (Å²) >= 11 is 0. The van der Waals surface area contributed by atoms with E-state index in [0.29, 0.717) is 18.6 Å². The average Bonchev–Trinajstić information content (AvgIpc) is 2.58. The maximum Gasteiger partial charge on any atom is 0.243 e. The van der Waals surface area contributed by atoms with Crippen molar-refractivity contribution in [2.24, 2.45) is 7.05 Å². The van der Waals surface area contributed by atoms with E-state index in [-0.39, 0.29) is 10.3 Å². The summed E-state index contributed by atoms with van der Waals surface area (Å²) in [5.74, 6) is -1.58. The van der Waals surface area contributed by atoms with Crippen molar-refractivity contribution in [1.82, 2.24) is 8.87 Å². The van der Waals surface area contributed by atoms with Gasteiger partial charge in [-0.1, -0.05) is 6.42 Å². The van der Waals surface area contributed by atoms with Gasteiger partial charge in [0, 0.05) is 31.7 Å². The van der Waals surface area contributed by atoms with Gasteiger partial charge in [-0.15, -0.1) is 0 Å². The van der Waals surface area contributed by atoms with Gasteiger partial charge in [0.15, 0.2) is 5.43 Å². The van der Waals surface area contributed by atoms with E-state index in [1.165, 1.54) is 33.3 Å². The first-order valence-corrected chi connectivity index (χ1v) is 9.11. The maximum absolute atomic E-state index is 12.7. The van der Waals surface area contributed by atoms with Crippen LogP contribution in [0.4, 0.5) is 0 Å². The highest BCUT2D eigenvalue weighted by atomic mass is 32.2. The molecule has 1 aromatic heterocycles. The van der Waals surface area contributed by atoms with Crippen molar-refractivity contribution in [3.8, 4) is 0 Å². The van der Waals surface area contributed by atoms with Gasteiger partial charge < -0.3 is 14.5 Å². The molecule has 2 aromatic rings. The summed E-state index contributed by atoms with van der Waals surface area (Å²) < 4.78 is 28.3. The van der Waals surface area contributed by atoms with Gasteiger partial charge in [-0.25, -0.2) is 8.42 Å². The number of rotatable bonds is 3. The first kappa shape index (κ1) is 16.7. The lowest BCUT2D eigenvalue weighted by molar-refractivity contribution is -0.255. The number of carbonyl (C=O) groups is 1. The van der Waals surface area contributed by atoms with E-state index < -0.39 is 27.0 Å². The third-order valence-electron chi connectivity index (χ3n) is 4.33. The minimum absolute atomic E-state index is 0.00416. The zero-order valence-electron chi connectivity index (χ0n) is 13.2. The maximum atomic E-state index is 12.7. The standard InChI is InChI=1S/C16H18N2O5S/c1-17-10-13(16(20)21)15(19)12-9-11(5-6-14(12)17)24(22,23)18-7-3-2-4-8-18/h5-6,9-10H,2-4,7-8H2,1H3,(H,20,21)/p-1. The van der Waals surface area contributed by atoms with E-state index in [4.69, 9.17) is 0 Å². The molecule has 0 unspecified atom stereocenters.